The SMILES string of the molecule is Cn1ccc2cc(C(N)CCO)ccc21. The molecule has 0 aliphatic heterocycles. The van der Waals surface area contributed by atoms with Crippen LogP contribution in [-0.2, 0) is 7.05 Å². The van der Waals surface area contributed by atoms with Gasteiger partial charge in [-0.05, 0) is 35.6 Å². The summed E-state index contributed by atoms with van der Waals surface area (Å²) in [6.45, 7) is 0.133. The largest absolute Gasteiger partial charge is 0.396 e. The number of nitrogens with zero attached hydrogens (tertiary/aromatic N) is 1. The van der Waals surface area contributed by atoms with E-state index in [1.807, 2.05) is 19.3 Å². The molecule has 1 unspecified atom stereocenters. The Morgan fingerprint density at radius 3 is 2.93 bits per heavy atom. The quantitative estimate of drug-likeness (QED) is 0.797. The third kappa shape index (κ3) is 1.89. The van der Waals surface area contributed by atoms with Crippen LogP contribution in [0.3, 0.4) is 0 Å². The van der Waals surface area contributed by atoms with Gasteiger partial charge in [-0.1, -0.05) is 6.07 Å². The van der Waals surface area contributed by atoms with Crippen LogP contribution in [0.25, 0.3) is 10.9 Å². The van der Waals surface area contributed by atoms with E-state index < -0.39 is 0 Å². The Hall–Kier alpha value is -1.32. The zero-order chi connectivity index (χ0) is 10.8. The van der Waals surface area contributed by atoms with E-state index in [-0.39, 0.29) is 12.6 Å². The van der Waals surface area contributed by atoms with E-state index in [2.05, 4.69) is 22.8 Å². The van der Waals surface area contributed by atoms with Crippen LogP contribution in [0.4, 0.5) is 0 Å². The van der Waals surface area contributed by atoms with E-state index in [1.165, 1.54) is 10.9 Å². The number of hydrogen-bond acceptors (Lipinski definition) is 2. The number of aliphatic hydroxyl groups excluding tert-OH is 1. The Kier molecular flexibility index (Phi) is 2.75. The second-order valence-electron chi connectivity index (χ2n) is 3.86. The van der Waals surface area contributed by atoms with Gasteiger partial charge in [-0.15, -0.1) is 0 Å². The standard InChI is InChI=1S/C12H16N2O/c1-14-6-4-10-8-9(2-3-12(10)14)11(13)5-7-15/h2-4,6,8,11,15H,5,7,13H2,1H3. The monoisotopic (exact) mass is 204 g/mol. The van der Waals surface area contributed by atoms with Gasteiger partial charge in [-0.25, -0.2) is 0 Å². The first kappa shape index (κ1) is 10.2. The third-order valence-electron chi connectivity index (χ3n) is 2.78. The fraction of sp³-hybridized carbons (Fsp3) is 0.333. The first-order valence-corrected chi connectivity index (χ1v) is 5.14. The van der Waals surface area contributed by atoms with Crippen LogP contribution in [-0.4, -0.2) is 16.3 Å². The van der Waals surface area contributed by atoms with Gasteiger partial charge in [0.25, 0.3) is 0 Å². The van der Waals surface area contributed by atoms with Crippen LogP contribution in [0.2, 0.25) is 0 Å². The molecule has 0 saturated heterocycles. The number of hydrogen-bond donors (Lipinski definition) is 2. The zero-order valence-electron chi connectivity index (χ0n) is 8.85. The molecule has 1 atom stereocenters. The van der Waals surface area contributed by atoms with E-state index in [0.717, 1.165) is 5.56 Å². The molecular formula is C12H16N2O. The summed E-state index contributed by atoms with van der Waals surface area (Å²) in [5.74, 6) is 0. The molecular weight excluding hydrogens is 188 g/mol. The van der Waals surface area contributed by atoms with Gasteiger partial charge < -0.3 is 15.4 Å². The Balaban J connectivity index is 2.38. The highest BCUT2D eigenvalue weighted by atomic mass is 16.3. The van der Waals surface area contributed by atoms with Crippen molar-refractivity contribution in [1.29, 1.82) is 0 Å². The van der Waals surface area contributed by atoms with Crippen molar-refractivity contribution in [3.8, 4) is 0 Å². The highest BCUT2D eigenvalue weighted by Gasteiger charge is 2.06. The molecule has 0 aliphatic rings. The van der Waals surface area contributed by atoms with E-state index in [0.29, 0.717) is 6.42 Å². The molecule has 2 aromatic rings. The van der Waals surface area contributed by atoms with Crippen LogP contribution in [0.5, 0.6) is 0 Å². The van der Waals surface area contributed by atoms with Crippen molar-refractivity contribution in [2.45, 2.75) is 12.5 Å². The Labute approximate surface area is 89.1 Å². The number of aromatic nitrogens is 1. The molecule has 80 valence electrons. The van der Waals surface area contributed by atoms with Gasteiger partial charge in [0.15, 0.2) is 0 Å². The van der Waals surface area contributed by atoms with Gasteiger partial charge in [0.05, 0.1) is 0 Å². The molecule has 1 heterocycles. The summed E-state index contributed by atoms with van der Waals surface area (Å²) < 4.78 is 2.08. The smallest absolute Gasteiger partial charge is 0.0477 e. The maximum absolute atomic E-state index is 8.83. The van der Waals surface area contributed by atoms with E-state index >= 15 is 0 Å². The third-order valence-corrected chi connectivity index (χ3v) is 2.78. The molecule has 0 amide bonds. The number of benzene rings is 1. The predicted molar refractivity (Wildman–Crippen MR) is 61.6 cm³/mol. The number of rotatable bonds is 3. The number of fused-ring (bicyclic) bond motifs is 1. The minimum Gasteiger partial charge on any atom is -0.396 e. The van der Waals surface area contributed by atoms with Crippen molar-refractivity contribution < 1.29 is 5.11 Å². The molecule has 0 bridgehead atoms. The van der Waals surface area contributed by atoms with E-state index in [1.54, 1.807) is 0 Å². The summed E-state index contributed by atoms with van der Waals surface area (Å²) in [6, 6.07) is 8.20. The lowest BCUT2D eigenvalue weighted by Gasteiger charge is -2.10. The average Bonchev–Trinajstić information content (AvgIpc) is 2.60. The molecule has 1 aromatic carbocycles. The normalized spacial score (nSPS) is 13.3. The lowest BCUT2D eigenvalue weighted by atomic mass is 10.0. The number of aliphatic hydroxyl groups is 1. The fourth-order valence-corrected chi connectivity index (χ4v) is 1.84. The van der Waals surface area contributed by atoms with Gasteiger partial charge in [0, 0.05) is 31.4 Å². The highest BCUT2D eigenvalue weighted by Crippen LogP contribution is 2.21. The van der Waals surface area contributed by atoms with Crippen molar-refractivity contribution in [1.82, 2.24) is 4.57 Å². The topological polar surface area (TPSA) is 51.2 Å². The van der Waals surface area contributed by atoms with Crippen molar-refractivity contribution >= 4 is 10.9 Å². The maximum atomic E-state index is 8.83. The molecule has 3 N–H and O–H groups in total. The van der Waals surface area contributed by atoms with Crippen LogP contribution >= 0.6 is 0 Å². The molecule has 2 rings (SSSR count). The van der Waals surface area contributed by atoms with Crippen LogP contribution in [0.15, 0.2) is 30.5 Å². The maximum Gasteiger partial charge on any atom is 0.0477 e. The second kappa shape index (κ2) is 4.04. The van der Waals surface area contributed by atoms with Gasteiger partial charge in [-0.3, -0.25) is 0 Å². The van der Waals surface area contributed by atoms with Gasteiger partial charge in [-0.2, -0.15) is 0 Å². The highest BCUT2D eigenvalue weighted by molar-refractivity contribution is 5.80. The molecule has 15 heavy (non-hydrogen) atoms. The first-order valence-electron chi connectivity index (χ1n) is 5.14. The molecule has 0 spiro atoms. The summed E-state index contributed by atoms with van der Waals surface area (Å²) in [4.78, 5) is 0. The molecule has 0 saturated carbocycles. The van der Waals surface area contributed by atoms with Gasteiger partial charge in [0.2, 0.25) is 0 Å². The number of aryl methyl sites for hydroxylation is 1. The average molecular weight is 204 g/mol. The Morgan fingerprint density at radius 2 is 2.20 bits per heavy atom. The fourth-order valence-electron chi connectivity index (χ4n) is 1.84. The van der Waals surface area contributed by atoms with Gasteiger partial charge in [0.1, 0.15) is 0 Å². The zero-order valence-corrected chi connectivity index (χ0v) is 8.85. The van der Waals surface area contributed by atoms with Crippen LogP contribution in [0.1, 0.15) is 18.0 Å². The van der Waals surface area contributed by atoms with Gasteiger partial charge >= 0.3 is 0 Å². The van der Waals surface area contributed by atoms with E-state index in [4.69, 9.17) is 10.8 Å². The molecule has 0 fully saturated rings. The van der Waals surface area contributed by atoms with E-state index in [9.17, 15) is 0 Å². The second-order valence-corrected chi connectivity index (χ2v) is 3.86. The Morgan fingerprint density at radius 1 is 1.40 bits per heavy atom. The molecule has 3 heteroatoms. The molecule has 0 aliphatic carbocycles. The summed E-state index contributed by atoms with van der Waals surface area (Å²) in [5, 5.41) is 10.0. The summed E-state index contributed by atoms with van der Waals surface area (Å²) in [6.07, 6.45) is 2.64. The van der Waals surface area contributed by atoms with Crippen LogP contribution < -0.4 is 5.73 Å². The van der Waals surface area contributed by atoms with Crippen molar-refractivity contribution in [3.63, 3.8) is 0 Å². The van der Waals surface area contributed by atoms with Crippen molar-refractivity contribution in [2.24, 2.45) is 12.8 Å². The minimum atomic E-state index is -0.0698. The Bertz CT molecular complexity index is 462. The predicted octanol–water partition coefficient (Wildman–Crippen LogP) is 1.56. The first-order chi connectivity index (χ1) is 7.22. The summed E-state index contributed by atoms with van der Waals surface area (Å²) in [7, 11) is 2.02. The van der Waals surface area contributed by atoms with Crippen molar-refractivity contribution in [3.05, 3.63) is 36.0 Å². The number of nitrogens with two attached hydrogens (primary N) is 1. The summed E-state index contributed by atoms with van der Waals surface area (Å²) >= 11 is 0. The van der Waals surface area contributed by atoms with Crippen LogP contribution in [0, 0.1) is 0 Å². The lowest BCUT2D eigenvalue weighted by Crippen LogP contribution is -2.11. The molecule has 3 nitrogen and oxygen atoms in total. The summed E-state index contributed by atoms with van der Waals surface area (Å²) in [5.41, 5.74) is 8.23. The molecule has 0 radical (unpaired) electrons. The lowest BCUT2D eigenvalue weighted by molar-refractivity contribution is 0.276. The van der Waals surface area contributed by atoms with Crippen molar-refractivity contribution in [2.75, 3.05) is 6.61 Å². The minimum absolute atomic E-state index is 0.0698. The molecule has 1 aromatic heterocycles.